The van der Waals surface area contributed by atoms with Crippen molar-refractivity contribution in [3.8, 4) is 0 Å². The zero-order valence-corrected chi connectivity index (χ0v) is 11.7. The molecule has 2 N–H and O–H groups in total. The highest BCUT2D eigenvalue weighted by Crippen LogP contribution is 2.43. The largest absolute Gasteiger partial charge is 0.392 e. The van der Waals surface area contributed by atoms with Crippen molar-refractivity contribution < 1.29 is 9.84 Å². The molecule has 2 aliphatic rings. The monoisotopic (exact) mass is 272 g/mol. The topological polar surface area (TPSA) is 48.5 Å². The first-order chi connectivity index (χ1) is 9.78. The molecule has 3 atom stereocenters. The number of rotatable bonds is 2. The van der Waals surface area contributed by atoms with E-state index in [1.165, 1.54) is 22.0 Å². The van der Waals surface area contributed by atoms with Crippen molar-refractivity contribution in [2.45, 2.75) is 30.9 Å². The molecule has 4 rings (SSSR count). The van der Waals surface area contributed by atoms with Crippen LogP contribution in [0.15, 0.2) is 24.4 Å². The van der Waals surface area contributed by atoms with Gasteiger partial charge in [-0.05, 0) is 30.0 Å². The standard InChI is InChI=1S/C16H20N2O2/c1-20-9-18-8-11(19)6-13-12-3-2-4-14-16(12)10(7-17-14)5-15(13)18/h2-4,7,11,13,15,17,19H,5-6,8-9H2,1H3/t11-,13?,15+/m0/s1. The van der Waals surface area contributed by atoms with Gasteiger partial charge in [0, 0.05) is 42.7 Å². The molecule has 2 aromatic rings. The Morgan fingerprint density at radius 3 is 3.20 bits per heavy atom. The number of fused-ring (bicyclic) bond motifs is 2. The number of piperidine rings is 1. The highest BCUT2D eigenvalue weighted by atomic mass is 16.5. The van der Waals surface area contributed by atoms with Crippen molar-refractivity contribution in [1.29, 1.82) is 0 Å². The first kappa shape index (κ1) is 12.4. The van der Waals surface area contributed by atoms with Gasteiger partial charge in [-0.25, -0.2) is 0 Å². The van der Waals surface area contributed by atoms with Gasteiger partial charge < -0.3 is 14.8 Å². The van der Waals surface area contributed by atoms with Crippen LogP contribution in [0.2, 0.25) is 0 Å². The third kappa shape index (κ3) is 1.72. The zero-order valence-electron chi connectivity index (χ0n) is 11.7. The number of ether oxygens (including phenoxy) is 1. The molecular formula is C16H20N2O2. The van der Waals surface area contributed by atoms with Crippen molar-refractivity contribution in [1.82, 2.24) is 9.88 Å². The fourth-order valence-electron chi connectivity index (χ4n) is 4.09. The molecule has 1 aliphatic heterocycles. The number of likely N-dealkylation sites (tertiary alicyclic amines) is 1. The highest BCUT2D eigenvalue weighted by Gasteiger charge is 2.40. The van der Waals surface area contributed by atoms with Crippen LogP contribution in [-0.4, -0.2) is 47.5 Å². The number of benzene rings is 1. The Kier molecular flexibility index (Phi) is 2.84. The number of H-pyrrole nitrogens is 1. The molecule has 106 valence electrons. The smallest absolute Gasteiger partial charge is 0.0989 e. The van der Waals surface area contributed by atoms with E-state index >= 15 is 0 Å². The summed E-state index contributed by atoms with van der Waals surface area (Å²) >= 11 is 0. The molecule has 0 radical (unpaired) electrons. The molecule has 1 aromatic carbocycles. The van der Waals surface area contributed by atoms with Crippen LogP contribution in [0.25, 0.3) is 10.9 Å². The third-order valence-corrected chi connectivity index (χ3v) is 4.85. The minimum atomic E-state index is -0.262. The van der Waals surface area contributed by atoms with Crippen molar-refractivity contribution in [2.75, 3.05) is 20.4 Å². The second kappa shape index (κ2) is 4.58. The van der Waals surface area contributed by atoms with E-state index in [2.05, 4.69) is 34.3 Å². The van der Waals surface area contributed by atoms with Gasteiger partial charge >= 0.3 is 0 Å². The Morgan fingerprint density at radius 2 is 2.35 bits per heavy atom. The number of aromatic amines is 1. The molecule has 20 heavy (non-hydrogen) atoms. The number of aliphatic hydroxyl groups is 1. The van der Waals surface area contributed by atoms with Crippen LogP contribution in [0, 0.1) is 0 Å². The Hall–Kier alpha value is -1.36. The lowest BCUT2D eigenvalue weighted by Crippen LogP contribution is -2.52. The minimum Gasteiger partial charge on any atom is -0.392 e. The molecule has 1 fully saturated rings. The van der Waals surface area contributed by atoms with Crippen LogP contribution >= 0.6 is 0 Å². The van der Waals surface area contributed by atoms with Gasteiger partial charge in [-0.15, -0.1) is 0 Å². The summed E-state index contributed by atoms with van der Waals surface area (Å²) in [6.07, 6.45) is 3.77. The molecule has 1 aromatic heterocycles. The third-order valence-electron chi connectivity index (χ3n) is 4.85. The van der Waals surface area contributed by atoms with Gasteiger partial charge in [0.25, 0.3) is 0 Å². The average Bonchev–Trinajstić information content (AvgIpc) is 2.85. The number of β-amino-alcohol motifs (C(OH)–C–C–N with tert-alkyl or cyclic N) is 1. The molecule has 4 nitrogen and oxygen atoms in total. The van der Waals surface area contributed by atoms with E-state index in [9.17, 15) is 5.11 Å². The summed E-state index contributed by atoms with van der Waals surface area (Å²) in [5.74, 6) is 0.404. The molecule has 2 heterocycles. The van der Waals surface area contributed by atoms with Crippen LogP contribution in [0.5, 0.6) is 0 Å². The summed E-state index contributed by atoms with van der Waals surface area (Å²) in [7, 11) is 1.72. The second-order valence-electron chi connectivity index (χ2n) is 6.04. The zero-order chi connectivity index (χ0) is 13.7. The molecule has 1 unspecified atom stereocenters. The molecule has 0 saturated carbocycles. The summed E-state index contributed by atoms with van der Waals surface area (Å²) in [6, 6.07) is 6.91. The summed E-state index contributed by atoms with van der Waals surface area (Å²) < 4.78 is 5.33. The van der Waals surface area contributed by atoms with Crippen LogP contribution in [0.3, 0.4) is 0 Å². The molecule has 0 amide bonds. The average molecular weight is 272 g/mol. The summed E-state index contributed by atoms with van der Waals surface area (Å²) in [6.45, 7) is 1.30. The highest BCUT2D eigenvalue weighted by molar-refractivity contribution is 5.88. The van der Waals surface area contributed by atoms with E-state index in [0.29, 0.717) is 25.2 Å². The van der Waals surface area contributed by atoms with Gasteiger partial charge in [-0.2, -0.15) is 0 Å². The maximum Gasteiger partial charge on any atom is 0.0989 e. The predicted octanol–water partition coefficient (Wildman–Crippen LogP) is 1.85. The molecule has 1 aliphatic carbocycles. The summed E-state index contributed by atoms with van der Waals surface area (Å²) in [5, 5.41) is 11.6. The first-order valence-corrected chi connectivity index (χ1v) is 7.28. The summed E-state index contributed by atoms with van der Waals surface area (Å²) in [4.78, 5) is 5.66. The SMILES string of the molecule is COCN1C[C@@H](O)CC2c3cccc4[nH]cc(c34)C[C@H]21. The quantitative estimate of drug-likeness (QED) is 0.877. The lowest BCUT2D eigenvalue weighted by atomic mass is 9.74. The maximum absolute atomic E-state index is 10.2. The van der Waals surface area contributed by atoms with Gasteiger partial charge in [-0.3, -0.25) is 4.90 Å². The number of aromatic nitrogens is 1. The van der Waals surface area contributed by atoms with Crippen molar-refractivity contribution in [2.24, 2.45) is 0 Å². The van der Waals surface area contributed by atoms with Crippen LogP contribution in [-0.2, 0) is 11.2 Å². The number of hydrogen-bond acceptors (Lipinski definition) is 3. The number of nitrogens with zero attached hydrogens (tertiary/aromatic N) is 1. The normalized spacial score (nSPS) is 29.6. The molecule has 0 spiro atoms. The number of methoxy groups -OCH3 is 1. The van der Waals surface area contributed by atoms with Crippen LogP contribution in [0.1, 0.15) is 23.5 Å². The first-order valence-electron chi connectivity index (χ1n) is 7.28. The van der Waals surface area contributed by atoms with Crippen LogP contribution < -0.4 is 0 Å². The number of hydrogen-bond donors (Lipinski definition) is 2. The Balaban J connectivity index is 1.82. The summed E-state index contributed by atoms with van der Waals surface area (Å²) in [5.41, 5.74) is 4.00. The molecular weight excluding hydrogens is 252 g/mol. The van der Waals surface area contributed by atoms with E-state index in [1.807, 2.05) is 0 Å². The van der Waals surface area contributed by atoms with Crippen molar-refractivity contribution in [3.05, 3.63) is 35.5 Å². The fraction of sp³-hybridized carbons (Fsp3) is 0.500. The number of aliphatic hydroxyl groups excluding tert-OH is 1. The Morgan fingerprint density at radius 1 is 1.45 bits per heavy atom. The lowest BCUT2D eigenvalue weighted by Gasteiger charge is -2.45. The van der Waals surface area contributed by atoms with Gasteiger partial charge in [0.05, 0.1) is 12.8 Å². The second-order valence-corrected chi connectivity index (χ2v) is 6.04. The van der Waals surface area contributed by atoms with Gasteiger partial charge in [0.2, 0.25) is 0 Å². The van der Waals surface area contributed by atoms with Crippen LogP contribution in [0.4, 0.5) is 0 Å². The Labute approximate surface area is 118 Å². The van der Waals surface area contributed by atoms with E-state index in [-0.39, 0.29) is 6.10 Å². The van der Waals surface area contributed by atoms with Gasteiger partial charge in [0.15, 0.2) is 0 Å². The molecule has 0 bridgehead atoms. The van der Waals surface area contributed by atoms with E-state index in [1.54, 1.807) is 7.11 Å². The van der Waals surface area contributed by atoms with Gasteiger partial charge in [-0.1, -0.05) is 12.1 Å². The fourth-order valence-corrected chi connectivity index (χ4v) is 4.09. The Bertz CT molecular complexity index is 636. The van der Waals surface area contributed by atoms with Crippen molar-refractivity contribution >= 4 is 10.9 Å². The molecule has 4 heteroatoms. The predicted molar refractivity (Wildman–Crippen MR) is 77.7 cm³/mol. The minimum absolute atomic E-state index is 0.262. The maximum atomic E-state index is 10.2. The lowest BCUT2D eigenvalue weighted by molar-refractivity contribution is -0.0402. The number of nitrogens with one attached hydrogen (secondary N) is 1. The van der Waals surface area contributed by atoms with E-state index in [4.69, 9.17) is 4.74 Å². The van der Waals surface area contributed by atoms with E-state index < -0.39 is 0 Å². The van der Waals surface area contributed by atoms with E-state index in [0.717, 1.165) is 12.8 Å². The van der Waals surface area contributed by atoms with Crippen molar-refractivity contribution in [3.63, 3.8) is 0 Å². The molecule has 1 saturated heterocycles. The van der Waals surface area contributed by atoms with Gasteiger partial charge in [0.1, 0.15) is 0 Å².